The number of hydrogen-bond donors (Lipinski definition) is 2. The highest BCUT2D eigenvalue weighted by molar-refractivity contribution is 5.98. The molecule has 0 unspecified atom stereocenters. The maximum absolute atomic E-state index is 15.1. The maximum atomic E-state index is 15.1. The lowest BCUT2D eigenvalue weighted by Gasteiger charge is -2.36. The van der Waals surface area contributed by atoms with E-state index in [4.69, 9.17) is 14.6 Å². The molecule has 2 amide bonds. The van der Waals surface area contributed by atoms with Gasteiger partial charge in [-0.1, -0.05) is 19.9 Å². The molecule has 1 aliphatic heterocycles. The first-order chi connectivity index (χ1) is 19.3. The van der Waals surface area contributed by atoms with Crippen molar-refractivity contribution in [2.45, 2.75) is 64.3 Å². The first-order valence-corrected chi connectivity index (χ1v) is 13.3. The summed E-state index contributed by atoms with van der Waals surface area (Å²) in [4.78, 5) is 38.9. The van der Waals surface area contributed by atoms with Gasteiger partial charge < -0.3 is 24.8 Å². The Hall–Kier alpha value is -3.67. The predicted molar refractivity (Wildman–Crippen MR) is 142 cm³/mol. The average molecular weight is 583 g/mol. The van der Waals surface area contributed by atoms with Gasteiger partial charge in [-0.3, -0.25) is 14.4 Å². The average Bonchev–Trinajstić information content (AvgIpc) is 2.86. The Bertz CT molecular complexity index is 1250. The van der Waals surface area contributed by atoms with Gasteiger partial charge in [-0.05, 0) is 55.2 Å². The van der Waals surface area contributed by atoms with Crippen LogP contribution in [0.2, 0.25) is 0 Å². The van der Waals surface area contributed by atoms with Crippen LogP contribution in [0.3, 0.4) is 0 Å². The Morgan fingerprint density at radius 1 is 1.12 bits per heavy atom. The summed E-state index contributed by atoms with van der Waals surface area (Å²) in [5, 5.41) is 11.4. The SMILES string of the molecule is CCOc1ccc2c(c1)CCN(C(=O)CCCC(=O)O)[C@H]2C(=O)Nc1cc(F)c(C(C)(C)COCC(F)F)c(F)c1. The first-order valence-electron chi connectivity index (χ1n) is 13.3. The number of benzene rings is 2. The monoisotopic (exact) mass is 582 g/mol. The number of nitrogens with one attached hydrogen (secondary N) is 1. The van der Waals surface area contributed by atoms with Crippen LogP contribution < -0.4 is 10.1 Å². The number of rotatable bonds is 13. The largest absolute Gasteiger partial charge is 0.494 e. The van der Waals surface area contributed by atoms with E-state index in [0.717, 1.165) is 17.7 Å². The molecule has 12 heteroatoms. The van der Waals surface area contributed by atoms with Gasteiger partial charge in [0.2, 0.25) is 5.91 Å². The van der Waals surface area contributed by atoms with Crippen LogP contribution in [0.1, 0.15) is 62.8 Å². The smallest absolute Gasteiger partial charge is 0.303 e. The van der Waals surface area contributed by atoms with Gasteiger partial charge in [-0.25, -0.2) is 17.6 Å². The number of ether oxygens (including phenoxy) is 2. The molecule has 224 valence electrons. The number of carbonyl (C=O) groups is 3. The highest BCUT2D eigenvalue weighted by atomic mass is 19.3. The third kappa shape index (κ3) is 8.18. The summed E-state index contributed by atoms with van der Waals surface area (Å²) >= 11 is 0. The van der Waals surface area contributed by atoms with E-state index < -0.39 is 53.9 Å². The topological polar surface area (TPSA) is 105 Å². The third-order valence-corrected chi connectivity index (χ3v) is 6.70. The van der Waals surface area contributed by atoms with Gasteiger partial charge in [0, 0.05) is 36.1 Å². The molecule has 1 aliphatic rings. The van der Waals surface area contributed by atoms with Gasteiger partial charge in [0.1, 0.15) is 30.0 Å². The van der Waals surface area contributed by atoms with Crippen LogP contribution >= 0.6 is 0 Å². The van der Waals surface area contributed by atoms with Crippen LogP contribution in [0.5, 0.6) is 5.75 Å². The number of aliphatic carboxylic acids is 1. The Morgan fingerprint density at radius 3 is 2.41 bits per heavy atom. The van der Waals surface area contributed by atoms with Gasteiger partial charge in [-0.15, -0.1) is 0 Å². The van der Waals surface area contributed by atoms with Crippen LogP contribution in [0.15, 0.2) is 30.3 Å². The summed E-state index contributed by atoms with van der Waals surface area (Å²) in [6, 6.07) is 5.80. The van der Waals surface area contributed by atoms with E-state index in [1.807, 2.05) is 6.92 Å². The van der Waals surface area contributed by atoms with Crippen molar-refractivity contribution in [1.29, 1.82) is 0 Å². The van der Waals surface area contributed by atoms with Gasteiger partial charge in [0.15, 0.2) is 0 Å². The maximum Gasteiger partial charge on any atom is 0.303 e. The zero-order valence-corrected chi connectivity index (χ0v) is 23.1. The Balaban J connectivity index is 1.89. The van der Waals surface area contributed by atoms with E-state index in [0.29, 0.717) is 24.3 Å². The fourth-order valence-corrected chi connectivity index (χ4v) is 4.92. The standard InChI is InChI=1S/C29H34F4N2O6/c1-4-41-19-8-9-20-17(12-19)10-11-35(24(36)6-5-7-25(37)38)27(20)28(39)34-18-13-21(30)26(22(31)14-18)29(2,3)16-40-15-23(32)33/h8-9,12-14,23,27H,4-7,10-11,15-16H2,1-3H3,(H,34,39)(H,37,38)/t27-/m1/s1. The molecule has 0 bridgehead atoms. The van der Waals surface area contributed by atoms with Crippen LogP contribution in [-0.2, 0) is 31.0 Å². The summed E-state index contributed by atoms with van der Waals surface area (Å²) in [6.45, 7) is 4.08. The summed E-state index contributed by atoms with van der Waals surface area (Å²) in [7, 11) is 0. The Morgan fingerprint density at radius 2 is 1.80 bits per heavy atom. The van der Waals surface area contributed by atoms with Crippen molar-refractivity contribution in [3.63, 3.8) is 0 Å². The van der Waals surface area contributed by atoms with E-state index in [1.54, 1.807) is 18.2 Å². The number of carboxylic acids is 1. The number of hydrogen-bond acceptors (Lipinski definition) is 5. The lowest BCUT2D eigenvalue weighted by Crippen LogP contribution is -2.45. The minimum Gasteiger partial charge on any atom is -0.494 e. The lowest BCUT2D eigenvalue weighted by molar-refractivity contribution is -0.140. The van der Waals surface area contributed by atoms with E-state index in [-0.39, 0.29) is 43.7 Å². The second-order valence-corrected chi connectivity index (χ2v) is 10.4. The predicted octanol–water partition coefficient (Wildman–Crippen LogP) is 5.24. The van der Waals surface area contributed by atoms with E-state index >= 15 is 8.78 Å². The summed E-state index contributed by atoms with van der Waals surface area (Å²) < 4.78 is 65.6. The molecule has 8 nitrogen and oxygen atoms in total. The van der Waals surface area contributed by atoms with Gasteiger partial charge in [0.25, 0.3) is 12.3 Å². The van der Waals surface area contributed by atoms with Crippen molar-refractivity contribution < 1.29 is 46.5 Å². The molecule has 0 spiro atoms. The van der Waals surface area contributed by atoms with Crippen molar-refractivity contribution in [2.24, 2.45) is 0 Å². The van der Waals surface area contributed by atoms with Crippen molar-refractivity contribution in [3.05, 3.63) is 58.7 Å². The second kappa shape index (κ2) is 13.8. The molecule has 0 saturated heterocycles. The van der Waals surface area contributed by atoms with Crippen LogP contribution in [-0.4, -0.2) is 60.6 Å². The van der Waals surface area contributed by atoms with Crippen molar-refractivity contribution in [1.82, 2.24) is 4.90 Å². The number of fused-ring (bicyclic) bond motifs is 1. The number of amides is 2. The number of halogens is 4. The molecule has 0 fully saturated rings. The number of alkyl halides is 2. The fourth-order valence-electron chi connectivity index (χ4n) is 4.92. The van der Waals surface area contributed by atoms with E-state index in [2.05, 4.69) is 5.32 Å². The highest BCUT2D eigenvalue weighted by Crippen LogP contribution is 2.35. The highest BCUT2D eigenvalue weighted by Gasteiger charge is 2.37. The molecule has 2 aromatic rings. The molecule has 3 rings (SSSR count). The molecule has 0 saturated carbocycles. The second-order valence-electron chi connectivity index (χ2n) is 10.4. The molecule has 2 N–H and O–H groups in total. The van der Waals surface area contributed by atoms with Crippen LogP contribution in [0, 0.1) is 11.6 Å². The molecule has 41 heavy (non-hydrogen) atoms. The van der Waals surface area contributed by atoms with Gasteiger partial charge >= 0.3 is 5.97 Å². The lowest BCUT2D eigenvalue weighted by atomic mass is 9.84. The van der Waals surface area contributed by atoms with Crippen LogP contribution in [0.4, 0.5) is 23.2 Å². The third-order valence-electron chi connectivity index (χ3n) is 6.70. The molecule has 1 heterocycles. The Kier molecular flexibility index (Phi) is 10.7. The number of carboxylic acid groups (broad SMARTS) is 1. The molecular formula is C29H34F4N2O6. The zero-order valence-electron chi connectivity index (χ0n) is 23.1. The summed E-state index contributed by atoms with van der Waals surface area (Å²) in [5.74, 6) is -3.60. The normalized spacial score (nSPS) is 15.0. The molecular weight excluding hydrogens is 548 g/mol. The van der Waals surface area contributed by atoms with Crippen molar-refractivity contribution in [2.75, 3.05) is 31.7 Å². The Labute approximate surface area is 235 Å². The summed E-state index contributed by atoms with van der Waals surface area (Å²) in [6.07, 6.45) is -2.52. The first kappa shape index (κ1) is 31.9. The number of carbonyl (C=O) groups excluding carboxylic acids is 2. The van der Waals surface area contributed by atoms with E-state index in [1.165, 1.54) is 18.7 Å². The minimum atomic E-state index is -2.72. The molecule has 2 aromatic carbocycles. The molecule has 0 aliphatic carbocycles. The zero-order chi connectivity index (χ0) is 30.3. The molecule has 0 radical (unpaired) electrons. The molecule has 1 atom stereocenters. The quantitative estimate of drug-likeness (QED) is 0.313. The fraction of sp³-hybridized carbons (Fsp3) is 0.483. The minimum absolute atomic E-state index is 0.0871. The van der Waals surface area contributed by atoms with Gasteiger partial charge in [-0.2, -0.15) is 0 Å². The number of anilines is 1. The van der Waals surface area contributed by atoms with Gasteiger partial charge in [0.05, 0.1) is 13.2 Å². The van der Waals surface area contributed by atoms with Crippen LogP contribution in [0.25, 0.3) is 0 Å². The van der Waals surface area contributed by atoms with Crippen molar-refractivity contribution in [3.8, 4) is 5.75 Å². The molecule has 0 aromatic heterocycles. The number of nitrogens with zero attached hydrogens (tertiary/aromatic N) is 1. The van der Waals surface area contributed by atoms with E-state index in [9.17, 15) is 23.2 Å². The summed E-state index contributed by atoms with van der Waals surface area (Å²) in [5.41, 5.74) is -0.589. The van der Waals surface area contributed by atoms with Crippen molar-refractivity contribution >= 4 is 23.5 Å².